The SMILES string of the molecule is CCOC(C)(C(=O)O)c1scnc1C. The Bertz CT molecular complexity index is 337. The van der Waals surface area contributed by atoms with E-state index < -0.39 is 11.6 Å². The molecule has 0 amide bonds. The van der Waals surface area contributed by atoms with Crippen molar-refractivity contribution in [2.75, 3.05) is 6.61 Å². The molecule has 1 aromatic rings. The normalized spacial score (nSPS) is 15.1. The number of nitrogens with zero attached hydrogens (tertiary/aromatic N) is 1. The number of ether oxygens (including phenoxy) is 1. The predicted octanol–water partition coefficient (Wildman–Crippen LogP) is 1.79. The molecule has 0 saturated carbocycles. The fourth-order valence-corrected chi connectivity index (χ4v) is 2.18. The maximum absolute atomic E-state index is 11.1. The van der Waals surface area contributed by atoms with Gasteiger partial charge in [0.25, 0.3) is 0 Å². The second kappa shape index (κ2) is 4.06. The summed E-state index contributed by atoms with van der Waals surface area (Å²) in [5.74, 6) is -0.980. The Hall–Kier alpha value is -0.940. The zero-order chi connectivity index (χ0) is 10.8. The third-order valence-corrected chi connectivity index (χ3v) is 3.15. The van der Waals surface area contributed by atoms with Gasteiger partial charge < -0.3 is 9.84 Å². The van der Waals surface area contributed by atoms with Gasteiger partial charge in [-0.25, -0.2) is 9.78 Å². The summed E-state index contributed by atoms with van der Waals surface area (Å²) < 4.78 is 5.29. The van der Waals surface area contributed by atoms with Gasteiger partial charge in [-0.15, -0.1) is 11.3 Å². The Morgan fingerprint density at radius 2 is 2.43 bits per heavy atom. The number of carbonyl (C=O) groups is 1. The molecule has 1 unspecified atom stereocenters. The highest BCUT2D eigenvalue weighted by Gasteiger charge is 2.38. The van der Waals surface area contributed by atoms with Crippen LogP contribution in [0.4, 0.5) is 0 Å². The molecule has 1 N–H and O–H groups in total. The molecule has 5 heteroatoms. The van der Waals surface area contributed by atoms with Crippen LogP contribution in [0.15, 0.2) is 5.51 Å². The lowest BCUT2D eigenvalue weighted by molar-refractivity contribution is -0.164. The minimum absolute atomic E-state index is 0.361. The summed E-state index contributed by atoms with van der Waals surface area (Å²) in [5, 5.41) is 9.11. The van der Waals surface area contributed by atoms with Crippen molar-refractivity contribution in [1.82, 2.24) is 4.98 Å². The largest absolute Gasteiger partial charge is 0.479 e. The smallest absolute Gasteiger partial charge is 0.341 e. The molecule has 0 aliphatic carbocycles. The summed E-state index contributed by atoms with van der Waals surface area (Å²) in [6.45, 7) is 5.48. The van der Waals surface area contributed by atoms with E-state index in [0.29, 0.717) is 17.2 Å². The number of carboxylic acid groups (broad SMARTS) is 1. The number of aromatic nitrogens is 1. The quantitative estimate of drug-likeness (QED) is 0.831. The first-order valence-corrected chi connectivity index (χ1v) is 5.18. The lowest BCUT2D eigenvalue weighted by atomic mass is 10.0. The van der Waals surface area contributed by atoms with Crippen molar-refractivity contribution in [1.29, 1.82) is 0 Å². The van der Waals surface area contributed by atoms with E-state index in [1.165, 1.54) is 11.3 Å². The zero-order valence-electron chi connectivity index (χ0n) is 8.40. The predicted molar refractivity (Wildman–Crippen MR) is 53.5 cm³/mol. The van der Waals surface area contributed by atoms with Gasteiger partial charge in [0.2, 0.25) is 0 Å². The molecule has 0 aliphatic heterocycles. The van der Waals surface area contributed by atoms with Gasteiger partial charge in [-0.05, 0) is 20.8 Å². The van der Waals surface area contributed by atoms with Gasteiger partial charge in [-0.2, -0.15) is 0 Å². The summed E-state index contributed by atoms with van der Waals surface area (Å²) in [6, 6.07) is 0. The van der Waals surface area contributed by atoms with E-state index in [1.807, 2.05) is 0 Å². The molecule has 14 heavy (non-hydrogen) atoms. The van der Waals surface area contributed by atoms with Crippen LogP contribution >= 0.6 is 11.3 Å². The topological polar surface area (TPSA) is 59.4 Å². The van der Waals surface area contributed by atoms with Gasteiger partial charge in [0, 0.05) is 6.61 Å². The summed E-state index contributed by atoms with van der Waals surface area (Å²) in [5.41, 5.74) is 1.08. The van der Waals surface area contributed by atoms with Gasteiger partial charge in [-0.3, -0.25) is 0 Å². The molecule has 0 aliphatic rings. The van der Waals surface area contributed by atoms with Crippen molar-refractivity contribution in [2.24, 2.45) is 0 Å². The van der Waals surface area contributed by atoms with Crippen LogP contribution in [0, 0.1) is 6.92 Å². The van der Waals surface area contributed by atoms with Crippen LogP contribution in [-0.2, 0) is 15.1 Å². The molecule has 1 rings (SSSR count). The third kappa shape index (κ3) is 1.78. The van der Waals surface area contributed by atoms with Crippen LogP contribution in [0.25, 0.3) is 0 Å². The number of hydrogen-bond acceptors (Lipinski definition) is 4. The molecular weight excluding hydrogens is 202 g/mol. The molecule has 78 valence electrons. The van der Waals surface area contributed by atoms with Crippen molar-refractivity contribution in [3.8, 4) is 0 Å². The fourth-order valence-electron chi connectivity index (χ4n) is 1.27. The number of hydrogen-bond donors (Lipinski definition) is 1. The van der Waals surface area contributed by atoms with E-state index in [9.17, 15) is 4.79 Å². The number of thiazole rings is 1. The minimum Gasteiger partial charge on any atom is -0.479 e. The average molecular weight is 215 g/mol. The highest BCUT2D eigenvalue weighted by atomic mass is 32.1. The fraction of sp³-hybridized carbons (Fsp3) is 0.556. The highest BCUT2D eigenvalue weighted by molar-refractivity contribution is 7.10. The van der Waals surface area contributed by atoms with Crippen molar-refractivity contribution >= 4 is 17.3 Å². The van der Waals surface area contributed by atoms with Crippen LogP contribution in [0.1, 0.15) is 24.4 Å². The maximum atomic E-state index is 11.1. The Morgan fingerprint density at radius 1 is 1.79 bits per heavy atom. The number of aliphatic carboxylic acids is 1. The van der Waals surface area contributed by atoms with Gasteiger partial charge in [0.1, 0.15) is 0 Å². The first-order valence-electron chi connectivity index (χ1n) is 4.30. The van der Waals surface area contributed by atoms with E-state index in [-0.39, 0.29) is 0 Å². The molecule has 1 aromatic heterocycles. The summed E-state index contributed by atoms with van der Waals surface area (Å²) in [7, 11) is 0. The Balaban J connectivity index is 3.12. The Morgan fingerprint density at radius 3 is 2.79 bits per heavy atom. The van der Waals surface area contributed by atoms with Gasteiger partial charge in [0.15, 0.2) is 5.60 Å². The van der Waals surface area contributed by atoms with Crippen LogP contribution in [0.5, 0.6) is 0 Å². The second-order valence-electron chi connectivity index (χ2n) is 3.04. The maximum Gasteiger partial charge on any atom is 0.341 e. The highest BCUT2D eigenvalue weighted by Crippen LogP contribution is 2.31. The molecule has 4 nitrogen and oxygen atoms in total. The van der Waals surface area contributed by atoms with Crippen molar-refractivity contribution in [2.45, 2.75) is 26.4 Å². The lowest BCUT2D eigenvalue weighted by Gasteiger charge is -2.23. The van der Waals surface area contributed by atoms with Crippen LogP contribution in [-0.4, -0.2) is 22.7 Å². The van der Waals surface area contributed by atoms with Crippen molar-refractivity contribution < 1.29 is 14.6 Å². The van der Waals surface area contributed by atoms with Crippen molar-refractivity contribution in [3.63, 3.8) is 0 Å². The first-order chi connectivity index (χ1) is 6.52. The standard InChI is InChI=1S/C9H13NO3S/c1-4-13-9(3,8(11)12)7-6(2)10-5-14-7/h5H,4H2,1-3H3,(H,11,12). The summed E-state index contributed by atoms with van der Waals surface area (Å²) in [6.07, 6.45) is 0. The molecule has 0 saturated heterocycles. The second-order valence-corrected chi connectivity index (χ2v) is 3.89. The molecule has 0 fully saturated rings. The number of rotatable bonds is 4. The first kappa shape index (κ1) is 11.1. The molecular formula is C9H13NO3S. The third-order valence-electron chi connectivity index (χ3n) is 2.02. The van der Waals surface area contributed by atoms with Gasteiger partial charge in [0.05, 0.1) is 16.1 Å². The number of carboxylic acids is 1. The van der Waals surface area contributed by atoms with E-state index in [0.717, 1.165) is 0 Å². The van der Waals surface area contributed by atoms with E-state index in [1.54, 1.807) is 26.3 Å². The van der Waals surface area contributed by atoms with Gasteiger partial charge >= 0.3 is 5.97 Å². The van der Waals surface area contributed by atoms with E-state index in [2.05, 4.69) is 4.98 Å². The molecule has 0 radical (unpaired) electrons. The van der Waals surface area contributed by atoms with Gasteiger partial charge in [-0.1, -0.05) is 0 Å². The minimum atomic E-state index is -1.26. The average Bonchev–Trinajstić information content (AvgIpc) is 2.51. The summed E-state index contributed by atoms with van der Waals surface area (Å²) in [4.78, 5) is 15.8. The van der Waals surface area contributed by atoms with Crippen molar-refractivity contribution in [3.05, 3.63) is 16.1 Å². The zero-order valence-corrected chi connectivity index (χ0v) is 9.22. The molecule has 0 bridgehead atoms. The Labute approximate surface area is 86.6 Å². The lowest BCUT2D eigenvalue weighted by Crippen LogP contribution is -2.35. The molecule has 0 aromatic carbocycles. The van der Waals surface area contributed by atoms with Crippen LogP contribution in [0.3, 0.4) is 0 Å². The van der Waals surface area contributed by atoms with E-state index >= 15 is 0 Å². The molecule has 0 spiro atoms. The van der Waals surface area contributed by atoms with E-state index in [4.69, 9.17) is 9.84 Å². The molecule has 1 atom stereocenters. The summed E-state index contributed by atoms with van der Waals surface area (Å²) >= 11 is 1.31. The van der Waals surface area contributed by atoms with Crippen LogP contribution in [0.2, 0.25) is 0 Å². The molecule has 1 heterocycles. The van der Waals surface area contributed by atoms with Crippen LogP contribution < -0.4 is 0 Å². The Kier molecular flexibility index (Phi) is 3.23. The monoisotopic (exact) mass is 215 g/mol. The number of aryl methyl sites for hydroxylation is 1.